The van der Waals surface area contributed by atoms with E-state index < -0.39 is 0 Å². The van der Waals surface area contributed by atoms with E-state index in [4.69, 9.17) is 5.53 Å². The van der Waals surface area contributed by atoms with E-state index in [1.54, 1.807) is 0 Å². The van der Waals surface area contributed by atoms with E-state index in [-0.39, 0.29) is 0 Å². The monoisotopic (exact) mass is 187 g/mol. The van der Waals surface area contributed by atoms with E-state index in [1.807, 2.05) is 0 Å². The number of nitrogens with zero attached hydrogens (tertiary/aromatic N) is 3. The molecule has 3 nitrogen and oxygen atoms in total. The lowest BCUT2D eigenvalue weighted by molar-refractivity contribution is 0.910. The first kappa shape index (κ1) is 9.10. The minimum Gasteiger partial charge on any atom is -0.0936 e. The molecule has 0 fully saturated rings. The smallest absolute Gasteiger partial charge is 0.0298 e. The van der Waals surface area contributed by atoms with E-state index in [1.165, 1.54) is 36.0 Å². The quantitative estimate of drug-likeness (QED) is 0.397. The Morgan fingerprint density at radius 3 is 3.00 bits per heavy atom. The first-order chi connectivity index (χ1) is 6.90. The van der Waals surface area contributed by atoms with Crippen LogP contribution >= 0.6 is 0 Å². The van der Waals surface area contributed by atoms with Gasteiger partial charge in [0.15, 0.2) is 0 Å². The van der Waals surface area contributed by atoms with Gasteiger partial charge in [-0.25, -0.2) is 0 Å². The molecule has 3 heteroatoms. The molecule has 0 spiro atoms. The van der Waals surface area contributed by atoms with Crippen LogP contribution in [0.4, 0.5) is 0 Å². The SMILES string of the molecule is [N-]=[N+]=NCCc1ccc2c(c1)CCC2. The van der Waals surface area contributed by atoms with Crippen molar-refractivity contribution in [2.45, 2.75) is 25.7 Å². The lowest BCUT2D eigenvalue weighted by Crippen LogP contribution is -1.91. The maximum Gasteiger partial charge on any atom is 0.0298 e. The van der Waals surface area contributed by atoms with E-state index in [2.05, 4.69) is 28.2 Å². The predicted molar refractivity (Wildman–Crippen MR) is 56.2 cm³/mol. The fourth-order valence-corrected chi connectivity index (χ4v) is 2.00. The molecule has 0 amide bonds. The van der Waals surface area contributed by atoms with Crippen molar-refractivity contribution in [2.75, 3.05) is 6.54 Å². The maximum absolute atomic E-state index is 8.16. The van der Waals surface area contributed by atoms with Gasteiger partial charge in [0.25, 0.3) is 0 Å². The molecule has 14 heavy (non-hydrogen) atoms. The first-order valence-electron chi connectivity index (χ1n) is 5.01. The summed E-state index contributed by atoms with van der Waals surface area (Å²) in [5.74, 6) is 0. The van der Waals surface area contributed by atoms with Crippen LogP contribution in [0.5, 0.6) is 0 Å². The molecule has 0 aliphatic heterocycles. The number of fused-ring (bicyclic) bond motifs is 1. The van der Waals surface area contributed by atoms with Gasteiger partial charge in [-0.05, 0) is 47.9 Å². The van der Waals surface area contributed by atoms with Crippen molar-refractivity contribution in [3.63, 3.8) is 0 Å². The first-order valence-corrected chi connectivity index (χ1v) is 5.01. The van der Waals surface area contributed by atoms with E-state index in [0.29, 0.717) is 6.54 Å². The van der Waals surface area contributed by atoms with Crippen LogP contribution in [0.1, 0.15) is 23.1 Å². The number of hydrogen-bond acceptors (Lipinski definition) is 1. The number of hydrogen-bond donors (Lipinski definition) is 0. The summed E-state index contributed by atoms with van der Waals surface area (Å²) >= 11 is 0. The second-order valence-electron chi connectivity index (χ2n) is 3.66. The normalized spacial score (nSPS) is 13.4. The fraction of sp³-hybridized carbons (Fsp3) is 0.455. The van der Waals surface area contributed by atoms with Gasteiger partial charge in [-0.2, -0.15) is 0 Å². The third-order valence-electron chi connectivity index (χ3n) is 2.73. The molecule has 0 saturated heterocycles. The van der Waals surface area contributed by atoms with Crippen LogP contribution in [0.2, 0.25) is 0 Å². The second-order valence-corrected chi connectivity index (χ2v) is 3.66. The van der Waals surface area contributed by atoms with Crippen molar-refractivity contribution in [1.82, 2.24) is 0 Å². The van der Waals surface area contributed by atoms with Gasteiger partial charge in [0.05, 0.1) is 0 Å². The highest BCUT2D eigenvalue weighted by Gasteiger charge is 2.10. The van der Waals surface area contributed by atoms with Crippen LogP contribution in [-0.4, -0.2) is 6.54 Å². The Morgan fingerprint density at radius 2 is 2.14 bits per heavy atom. The average Bonchev–Trinajstić information content (AvgIpc) is 2.65. The molecule has 72 valence electrons. The molecule has 0 bridgehead atoms. The molecule has 0 aromatic heterocycles. The summed E-state index contributed by atoms with van der Waals surface area (Å²) in [5, 5.41) is 3.54. The number of benzene rings is 1. The van der Waals surface area contributed by atoms with Gasteiger partial charge in [0, 0.05) is 11.5 Å². The van der Waals surface area contributed by atoms with Crippen LogP contribution in [0.25, 0.3) is 10.4 Å². The molecule has 1 aliphatic carbocycles. The Labute approximate surface area is 83.4 Å². The summed E-state index contributed by atoms with van der Waals surface area (Å²) in [6.07, 6.45) is 4.59. The summed E-state index contributed by atoms with van der Waals surface area (Å²) in [7, 11) is 0. The Bertz CT molecular complexity index is 378. The van der Waals surface area contributed by atoms with Crippen LogP contribution in [-0.2, 0) is 19.3 Å². The van der Waals surface area contributed by atoms with Crippen molar-refractivity contribution in [3.05, 3.63) is 45.3 Å². The zero-order valence-electron chi connectivity index (χ0n) is 8.11. The zero-order valence-corrected chi connectivity index (χ0v) is 8.11. The van der Waals surface area contributed by atoms with E-state index in [9.17, 15) is 0 Å². The third-order valence-corrected chi connectivity index (χ3v) is 2.73. The highest BCUT2D eigenvalue weighted by Crippen LogP contribution is 2.22. The molecule has 2 rings (SSSR count). The molecule has 1 aromatic carbocycles. The number of aryl methyl sites for hydroxylation is 2. The fourth-order valence-electron chi connectivity index (χ4n) is 2.00. The average molecular weight is 187 g/mol. The Morgan fingerprint density at radius 1 is 1.29 bits per heavy atom. The molecular weight excluding hydrogens is 174 g/mol. The maximum atomic E-state index is 8.16. The lowest BCUT2D eigenvalue weighted by Gasteiger charge is -2.02. The second kappa shape index (κ2) is 4.16. The third kappa shape index (κ3) is 1.88. The highest BCUT2D eigenvalue weighted by atomic mass is 15.1. The molecule has 0 atom stereocenters. The van der Waals surface area contributed by atoms with E-state index >= 15 is 0 Å². The summed E-state index contributed by atoms with van der Waals surface area (Å²) in [6.45, 7) is 0.565. The molecule has 1 aromatic rings. The van der Waals surface area contributed by atoms with Crippen molar-refractivity contribution in [3.8, 4) is 0 Å². The van der Waals surface area contributed by atoms with Crippen LogP contribution in [0.3, 0.4) is 0 Å². The largest absolute Gasteiger partial charge is 0.0936 e. The van der Waals surface area contributed by atoms with Crippen molar-refractivity contribution >= 4 is 0 Å². The molecule has 0 saturated carbocycles. The Balaban J connectivity index is 2.08. The van der Waals surface area contributed by atoms with Gasteiger partial charge in [0.2, 0.25) is 0 Å². The van der Waals surface area contributed by atoms with Gasteiger partial charge >= 0.3 is 0 Å². The lowest BCUT2D eigenvalue weighted by atomic mass is 10.0. The van der Waals surface area contributed by atoms with Crippen LogP contribution in [0.15, 0.2) is 23.3 Å². The van der Waals surface area contributed by atoms with Gasteiger partial charge in [-0.1, -0.05) is 23.3 Å². The van der Waals surface area contributed by atoms with Gasteiger partial charge < -0.3 is 0 Å². The summed E-state index contributed by atoms with van der Waals surface area (Å²) in [4.78, 5) is 2.75. The van der Waals surface area contributed by atoms with Gasteiger partial charge in [-0.3, -0.25) is 0 Å². The zero-order chi connectivity index (χ0) is 9.80. The van der Waals surface area contributed by atoms with Crippen LogP contribution in [0, 0.1) is 0 Å². The number of rotatable bonds is 3. The molecular formula is C11H13N3. The molecule has 0 unspecified atom stereocenters. The van der Waals surface area contributed by atoms with Crippen molar-refractivity contribution in [1.29, 1.82) is 0 Å². The summed E-state index contributed by atoms with van der Waals surface area (Å²) < 4.78 is 0. The van der Waals surface area contributed by atoms with Crippen molar-refractivity contribution < 1.29 is 0 Å². The summed E-state index contributed by atoms with van der Waals surface area (Å²) in [5.41, 5.74) is 12.4. The number of azide groups is 1. The predicted octanol–water partition coefficient (Wildman–Crippen LogP) is 3.03. The van der Waals surface area contributed by atoms with Gasteiger partial charge in [0.1, 0.15) is 0 Å². The Kier molecular flexibility index (Phi) is 2.70. The molecule has 0 heterocycles. The molecule has 1 aliphatic rings. The van der Waals surface area contributed by atoms with Crippen LogP contribution < -0.4 is 0 Å². The molecule has 0 N–H and O–H groups in total. The van der Waals surface area contributed by atoms with E-state index in [0.717, 1.165) is 6.42 Å². The highest BCUT2D eigenvalue weighted by molar-refractivity contribution is 5.35. The van der Waals surface area contributed by atoms with Gasteiger partial charge in [-0.15, -0.1) is 0 Å². The van der Waals surface area contributed by atoms with Crippen molar-refractivity contribution in [2.24, 2.45) is 5.11 Å². The minimum absolute atomic E-state index is 0.565. The topological polar surface area (TPSA) is 48.8 Å². The minimum atomic E-state index is 0.565. The summed E-state index contributed by atoms with van der Waals surface area (Å²) in [6, 6.07) is 6.63. The Hall–Kier alpha value is -1.47. The molecule has 0 radical (unpaired) electrons. The standard InChI is InChI=1S/C11H13N3/c12-14-13-7-6-9-4-5-10-2-1-3-11(10)8-9/h4-5,8H,1-3,6-7H2.